The van der Waals surface area contributed by atoms with Crippen molar-refractivity contribution < 1.29 is 23.1 Å². The predicted molar refractivity (Wildman–Crippen MR) is 72.4 cm³/mol. The third-order valence-corrected chi connectivity index (χ3v) is 4.64. The number of nitrogens with zero attached hydrogens (tertiary/aromatic N) is 1. The van der Waals surface area contributed by atoms with Crippen LogP contribution in [-0.2, 0) is 19.6 Å². The lowest BCUT2D eigenvalue weighted by Gasteiger charge is -2.31. The molecule has 0 aliphatic carbocycles. The lowest BCUT2D eigenvalue weighted by molar-refractivity contribution is -0.137. The lowest BCUT2D eigenvalue weighted by Crippen LogP contribution is -2.47. The minimum absolute atomic E-state index is 0.102. The maximum Gasteiger partial charge on any atom is 0.303 e. The summed E-state index contributed by atoms with van der Waals surface area (Å²) in [7, 11) is -3.44. The highest BCUT2D eigenvalue weighted by Crippen LogP contribution is 2.11. The van der Waals surface area contributed by atoms with Crippen LogP contribution in [-0.4, -0.2) is 61.7 Å². The maximum atomic E-state index is 11.7. The standard InChI is InChI=1S/C11H21N3O5S/c12-10(15)8-14-5-3-9(4-6-14)13-20(18,19)7-1-2-11(16)17/h9,13H,1-8H2,(H2,12,15)(H,16,17). The van der Waals surface area contributed by atoms with E-state index in [-0.39, 0.29) is 31.2 Å². The largest absolute Gasteiger partial charge is 0.481 e. The van der Waals surface area contributed by atoms with Gasteiger partial charge in [-0.3, -0.25) is 14.5 Å². The van der Waals surface area contributed by atoms with E-state index in [0.717, 1.165) is 0 Å². The molecule has 1 saturated heterocycles. The minimum Gasteiger partial charge on any atom is -0.481 e. The van der Waals surface area contributed by atoms with E-state index >= 15 is 0 Å². The van der Waals surface area contributed by atoms with Gasteiger partial charge in [0.25, 0.3) is 0 Å². The smallest absolute Gasteiger partial charge is 0.303 e. The van der Waals surface area contributed by atoms with E-state index in [4.69, 9.17) is 10.8 Å². The number of sulfonamides is 1. The van der Waals surface area contributed by atoms with Crippen LogP contribution in [0.15, 0.2) is 0 Å². The quantitative estimate of drug-likeness (QED) is 0.512. The molecule has 0 radical (unpaired) electrons. The van der Waals surface area contributed by atoms with Crippen molar-refractivity contribution in [3.63, 3.8) is 0 Å². The Kier molecular flexibility index (Phi) is 6.37. The van der Waals surface area contributed by atoms with Gasteiger partial charge in [-0.1, -0.05) is 0 Å². The van der Waals surface area contributed by atoms with E-state index in [1.165, 1.54) is 0 Å². The Hall–Kier alpha value is -1.19. The summed E-state index contributed by atoms with van der Waals surface area (Å²) in [4.78, 5) is 23.0. The number of aliphatic carboxylic acids is 1. The Labute approximate surface area is 118 Å². The molecule has 1 aliphatic heterocycles. The second-order valence-corrected chi connectivity index (χ2v) is 6.82. The van der Waals surface area contributed by atoms with Crippen molar-refractivity contribution in [3.8, 4) is 0 Å². The third-order valence-electron chi connectivity index (χ3n) is 3.12. The molecule has 4 N–H and O–H groups in total. The van der Waals surface area contributed by atoms with Gasteiger partial charge in [0.1, 0.15) is 0 Å². The molecule has 116 valence electrons. The molecule has 1 aliphatic rings. The van der Waals surface area contributed by atoms with E-state index in [1.807, 2.05) is 4.90 Å². The van der Waals surface area contributed by atoms with Crippen LogP contribution in [0.3, 0.4) is 0 Å². The number of amides is 1. The molecule has 0 aromatic heterocycles. The van der Waals surface area contributed by atoms with E-state index in [1.54, 1.807) is 0 Å². The number of carboxylic acids is 1. The molecule has 9 heteroatoms. The Morgan fingerprint density at radius 1 is 1.30 bits per heavy atom. The average Bonchev–Trinajstić information content (AvgIpc) is 2.29. The van der Waals surface area contributed by atoms with Crippen LogP contribution in [0.25, 0.3) is 0 Å². The van der Waals surface area contributed by atoms with Crippen molar-refractivity contribution in [1.82, 2.24) is 9.62 Å². The SMILES string of the molecule is NC(=O)CN1CCC(NS(=O)(=O)CCCC(=O)O)CC1. The minimum atomic E-state index is -3.44. The molecule has 8 nitrogen and oxygen atoms in total. The molecular weight excluding hydrogens is 286 g/mol. The van der Waals surface area contributed by atoms with Gasteiger partial charge in [0.15, 0.2) is 0 Å². The van der Waals surface area contributed by atoms with Crippen molar-refractivity contribution >= 4 is 21.9 Å². The molecule has 0 bridgehead atoms. The monoisotopic (exact) mass is 307 g/mol. The van der Waals surface area contributed by atoms with Gasteiger partial charge in [-0.2, -0.15) is 0 Å². The summed E-state index contributed by atoms with van der Waals surface area (Å²) in [6.45, 7) is 1.43. The summed E-state index contributed by atoms with van der Waals surface area (Å²) in [6.07, 6.45) is 1.18. The highest BCUT2D eigenvalue weighted by molar-refractivity contribution is 7.89. The van der Waals surface area contributed by atoms with Crippen LogP contribution < -0.4 is 10.5 Å². The van der Waals surface area contributed by atoms with Crippen LogP contribution in [0.5, 0.6) is 0 Å². The summed E-state index contributed by atoms with van der Waals surface area (Å²) in [5.74, 6) is -1.57. The molecule has 1 rings (SSSR count). The topological polar surface area (TPSA) is 130 Å². The summed E-state index contributed by atoms with van der Waals surface area (Å²) >= 11 is 0. The highest BCUT2D eigenvalue weighted by atomic mass is 32.2. The van der Waals surface area contributed by atoms with Gasteiger partial charge in [-0.15, -0.1) is 0 Å². The molecule has 1 fully saturated rings. The number of nitrogens with two attached hydrogens (primary N) is 1. The first-order chi connectivity index (χ1) is 9.28. The second kappa shape index (κ2) is 7.55. The fourth-order valence-electron chi connectivity index (χ4n) is 2.16. The second-order valence-electron chi connectivity index (χ2n) is 4.95. The van der Waals surface area contributed by atoms with Gasteiger partial charge in [0, 0.05) is 25.6 Å². The average molecular weight is 307 g/mol. The van der Waals surface area contributed by atoms with Crippen molar-refractivity contribution in [3.05, 3.63) is 0 Å². The molecule has 0 atom stereocenters. The number of carbonyl (C=O) groups is 2. The normalized spacial score (nSPS) is 18.0. The van der Waals surface area contributed by atoms with Crippen molar-refractivity contribution in [1.29, 1.82) is 0 Å². The highest BCUT2D eigenvalue weighted by Gasteiger charge is 2.23. The number of carboxylic acid groups (broad SMARTS) is 1. The summed E-state index contributed by atoms with van der Waals surface area (Å²) < 4.78 is 26.1. The lowest BCUT2D eigenvalue weighted by atomic mass is 10.1. The van der Waals surface area contributed by atoms with E-state index in [2.05, 4.69) is 4.72 Å². The van der Waals surface area contributed by atoms with Crippen LogP contribution in [0.4, 0.5) is 0 Å². The first kappa shape index (κ1) is 16.9. The molecule has 1 amide bonds. The molecule has 1 heterocycles. The summed E-state index contributed by atoms with van der Waals surface area (Å²) in [5, 5.41) is 8.47. The van der Waals surface area contributed by atoms with Crippen molar-refractivity contribution in [2.75, 3.05) is 25.4 Å². The third kappa shape index (κ3) is 6.83. The van der Waals surface area contributed by atoms with Crippen LogP contribution in [0, 0.1) is 0 Å². The first-order valence-corrected chi connectivity index (χ1v) is 8.16. The van der Waals surface area contributed by atoms with Crippen molar-refractivity contribution in [2.24, 2.45) is 5.73 Å². The zero-order valence-electron chi connectivity index (χ0n) is 11.2. The Morgan fingerprint density at radius 2 is 1.90 bits per heavy atom. The van der Waals surface area contributed by atoms with Crippen LogP contribution in [0.1, 0.15) is 25.7 Å². The van der Waals surface area contributed by atoms with Gasteiger partial charge >= 0.3 is 5.97 Å². The van der Waals surface area contributed by atoms with Gasteiger partial charge in [0.2, 0.25) is 15.9 Å². The molecule has 0 aromatic rings. The van der Waals surface area contributed by atoms with Crippen LogP contribution >= 0.6 is 0 Å². The Bertz CT molecular complexity index is 443. The number of piperidine rings is 1. The van der Waals surface area contributed by atoms with Gasteiger partial charge in [-0.05, 0) is 19.3 Å². The molecule has 0 aromatic carbocycles. The zero-order chi connectivity index (χ0) is 15.2. The fraction of sp³-hybridized carbons (Fsp3) is 0.818. The molecule has 0 spiro atoms. The Morgan fingerprint density at radius 3 is 2.40 bits per heavy atom. The van der Waals surface area contributed by atoms with E-state index < -0.39 is 21.9 Å². The molecule has 0 unspecified atom stereocenters. The number of carbonyl (C=O) groups excluding carboxylic acids is 1. The van der Waals surface area contributed by atoms with Crippen LogP contribution in [0.2, 0.25) is 0 Å². The maximum absolute atomic E-state index is 11.7. The number of hydrogen-bond acceptors (Lipinski definition) is 5. The first-order valence-electron chi connectivity index (χ1n) is 6.51. The number of nitrogens with one attached hydrogen (secondary N) is 1. The number of hydrogen-bond donors (Lipinski definition) is 3. The molecule has 0 saturated carbocycles. The number of likely N-dealkylation sites (tertiary alicyclic amines) is 1. The van der Waals surface area contributed by atoms with Crippen molar-refractivity contribution in [2.45, 2.75) is 31.7 Å². The fourth-order valence-corrected chi connectivity index (χ4v) is 3.54. The van der Waals surface area contributed by atoms with E-state index in [9.17, 15) is 18.0 Å². The van der Waals surface area contributed by atoms with Gasteiger partial charge in [-0.25, -0.2) is 13.1 Å². The summed E-state index contributed by atoms with van der Waals surface area (Å²) in [5.41, 5.74) is 5.10. The summed E-state index contributed by atoms with van der Waals surface area (Å²) in [6, 6.07) is -0.158. The molecule has 20 heavy (non-hydrogen) atoms. The predicted octanol–water partition coefficient (Wildman–Crippen LogP) is -1.28. The Balaban J connectivity index is 2.31. The number of primary amides is 1. The number of rotatable bonds is 8. The van der Waals surface area contributed by atoms with E-state index in [0.29, 0.717) is 25.9 Å². The van der Waals surface area contributed by atoms with Gasteiger partial charge in [0.05, 0.1) is 12.3 Å². The molecular formula is C11H21N3O5S. The van der Waals surface area contributed by atoms with Gasteiger partial charge < -0.3 is 10.8 Å². The zero-order valence-corrected chi connectivity index (χ0v) is 12.1.